The maximum absolute atomic E-state index is 11.6. The Labute approximate surface area is 96.0 Å². The molecule has 1 aliphatic carbocycles. The molecule has 1 saturated carbocycles. The van der Waals surface area contributed by atoms with Gasteiger partial charge in [0.15, 0.2) is 0 Å². The highest BCUT2D eigenvalue weighted by atomic mass is 16.2. The number of benzene rings is 1. The number of amides is 1. The van der Waals surface area contributed by atoms with Crippen molar-refractivity contribution in [3.05, 3.63) is 35.9 Å². The fourth-order valence-corrected chi connectivity index (χ4v) is 1.74. The lowest BCUT2D eigenvalue weighted by atomic mass is 10.1. The zero-order chi connectivity index (χ0) is 11.4. The second kappa shape index (κ2) is 5.12. The molecular formula is C13H18N2O. The number of rotatable bonds is 5. The van der Waals surface area contributed by atoms with Crippen molar-refractivity contribution >= 4 is 5.91 Å². The fraction of sp³-hybridized carbons (Fsp3) is 0.462. The van der Waals surface area contributed by atoms with Gasteiger partial charge in [-0.3, -0.25) is 4.79 Å². The van der Waals surface area contributed by atoms with Crippen LogP contribution in [0.5, 0.6) is 0 Å². The van der Waals surface area contributed by atoms with Crippen molar-refractivity contribution < 1.29 is 4.79 Å². The summed E-state index contributed by atoms with van der Waals surface area (Å²) >= 11 is 0. The third-order valence-corrected chi connectivity index (χ3v) is 2.93. The Morgan fingerprint density at radius 3 is 2.69 bits per heavy atom. The Bertz CT molecular complexity index is 346. The molecule has 0 heterocycles. The Morgan fingerprint density at radius 1 is 1.38 bits per heavy atom. The molecule has 3 N–H and O–H groups in total. The van der Waals surface area contributed by atoms with Gasteiger partial charge in [0.25, 0.3) is 0 Å². The first kappa shape index (κ1) is 11.1. The van der Waals surface area contributed by atoms with Crippen LogP contribution in [0.2, 0.25) is 0 Å². The Hall–Kier alpha value is -1.35. The number of carbonyl (C=O) groups is 1. The fourth-order valence-electron chi connectivity index (χ4n) is 1.74. The lowest BCUT2D eigenvalue weighted by Gasteiger charge is -2.11. The van der Waals surface area contributed by atoms with E-state index in [9.17, 15) is 4.79 Å². The van der Waals surface area contributed by atoms with E-state index in [0.29, 0.717) is 12.5 Å². The molecule has 0 saturated heterocycles. The monoisotopic (exact) mass is 218 g/mol. The van der Waals surface area contributed by atoms with Crippen molar-refractivity contribution in [1.82, 2.24) is 5.32 Å². The Balaban J connectivity index is 1.74. The Kier molecular flexibility index (Phi) is 3.57. The van der Waals surface area contributed by atoms with Gasteiger partial charge in [0, 0.05) is 6.54 Å². The molecule has 1 amide bonds. The molecule has 1 fully saturated rings. The molecule has 1 atom stereocenters. The number of carbonyl (C=O) groups excluding carboxylic acids is 1. The van der Waals surface area contributed by atoms with Crippen molar-refractivity contribution in [1.29, 1.82) is 0 Å². The normalized spacial score (nSPS) is 16.8. The van der Waals surface area contributed by atoms with E-state index >= 15 is 0 Å². The first-order chi connectivity index (χ1) is 7.75. The zero-order valence-electron chi connectivity index (χ0n) is 9.36. The molecule has 0 aliphatic heterocycles. The maximum Gasteiger partial charge on any atom is 0.237 e. The topological polar surface area (TPSA) is 55.1 Å². The first-order valence-corrected chi connectivity index (χ1v) is 5.83. The van der Waals surface area contributed by atoms with E-state index in [1.54, 1.807) is 0 Å². The summed E-state index contributed by atoms with van der Waals surface area (Å²) in [6, 6.07) is 9.54. The molecule has 1 unspecified atom stereocenters. The van der Waals surface area contributed by atoms with E-state index in [1.165, 1.54) is 12.8 Å². The van der Waals surface area contributed by atoms with E-state index in [2.05, 4.69) is 5.32 Å². The van der Waals surface area contributed by atoms with Gasteiger partial charge in [0.1, 0.15) is 0 Å². The van der Waals surface area contributed by atoms with E-state index in [0.717, 1.165) is 12.0 Å². The van der Waals surface area contributed by atoms with E-state index in [-0.39, 0.29) is 11.9 Å². The predicted molar refractivity (Wildman–Crippen MR) is 63.6 cm³/mol. The second-order valence-corrected chi connectivity index (χ2v) is 4.49. The predicted octanol–water partition coefficient (Wildman–Crippen LogP) is 1.43. The SMILES string of the molecule is NC(CC1CC1)C(=O)NCc1ccccc1. The van der Waals surface area contributed by atoms with Crippen LogP contribution in [0.3, 0.4) is 0 Å². The van der Waals surface area contributed by atoms with Crippen molar-refractivity contribution in [2.75, 3.05) is 0 Å². The van der Waals surface area contributed by atoms with Crippen LogP contribution in [0.1, 0.15) is 24.8 Å². The smallest absolute Gasteiger partial charge is 0.237 e. The number of hydrogen-bond donors (Lipinski definition) is 2. The summed E-state index contributed by atoms with van der Waals surface area (Å²) in [7, 11) is 0. The third-order valence-electron chi connectivity index (χ3n) is 2.93. The molecule has 1 aliphatic rings. The minimum absolute atomic E-state index is 0.0317. The molecule has 0 aromatic heterocycles. The summed E-state index contributed by atoms with van der Waals surface area (Å²) in [5, 5.41) is 2.87. The lowest BCUT2D eigenvalue weighted by molar-refractivity contribution is -0.122. The van der Waals surface area contributed by atoms with Gasteiger partial charge in [-0.1, -0.05) is 43.2 Å². The van der Waals surface area contributed by atoms with Crippen LogP contribution in [0.25, 0.3) is 0 Å². The van der Waals surface area contributed by atoms with Crippen molar-refractivity contribution in [2.45, 2.75) is 31.8 Å². The zero-order valence-corrected chi connectivity index (χ0v) is 9.36. The molecule has 3 heteroatoms. The van der Waals surface area contributed by atoms with Gasteiger partial charge in [0.2, 0.25) is 5.91 Å². The van der Waals surface area contributed by atoms with E-state index in [1.807, 2.05) is 30.3 Å². The van der Waals surface area contributed by atoms with Crippen molar-refractivity contribution in [3.63, 3.8) is 0 Å². The average molecular weight is 218 g/mol. The molecule has 2 rings (SSSR count). The summed E-state index contributed by atoms with van der Waals surface area (Å²) < 4.78 is 0. The molecule has 16 heavy (non-hydrogen) atoms. The first-order valence-electron chi connectivity index (χ1n) is 5.83. The summed E-state index contributed by atoms with van der Waals surface area (Å²) in [6.07, 6.45) is 3.31. The van der Waals surface area contributed by atoms with E-state index in [4.69, 9.17) is 5.73 Å². The standard InChI is InChI=1S/C13H18N2O/c14-12(8-10-6-7-10)13(16)15-9-11-4-2-1-3-5-11/h1-5,10,12H,6-9,14H2,(H,15,16). The molecule has 0 spiro atoms. The third kappa shape index (κ3) is 3.35. The van der Waals surface area contributed by atoms with Gasteiger partial charge in [-0.2, -0.15) is 0 Å². The molecule has 1 aromatic rings. The van der Waals surface area contributed by atoms with Gasteiger partial charge < -0.3 is 11.1 Å². The van der Waals surface area contributed by atoms with Crippen LogP contribution in [-0.4, -0.2) is 11.9 Å². The minimum atomic E-state index is -0.337. The van der Waals surface area contributed by atoms with Crippen LogP contribution in [0, 0.1) is 5.92 Å². The summed E-state index contributed by atoms with van der Waals surface area (Å²) in [6.45, 7) is 0.567. The molecular weight excluding hydrogens is 200 g/mol. The minimum Gasteiger partial charge on any atom is -0.351 e. The van der Waals surface area contributed by atoms with Gasteiger partial charge in [-0.25, -0.2) is 0 Å². The van der Waals surface area contributed by atoms with Gasteiger partial charge in [-0.05, 0) is 17.9 Å². The molecule has 1 aromatic carbocycles. The number of hydrogen-bond acceptors (Lipinski definition) is 2. The Morgan fingerprint density at radius 2 is 2.06 bits per heavy atom. The quantitative estimate of drug-likeness (QED) is 0.785. The van der Waals surface area contributed by atoms with Gasteiger partial charge in [0.05, 0.1) is 6.04 Å². The maximum atomic E-state index is 11.6. The highest BCUT2D eigenvalue weighted by Gasteiger charge is 2.26. The number of nitrogens with two attached hydrogens (primary N) is 1. The average Bonchev–Trinajstić information content (AvgIpc) is 3.11. The van der Waals surface area contributed by atoms with Crippen LogP contribution in [0.4, 0.5) is 0 Å². The van der Waals surface area contributed by atoms with E-state index < -0.39 is 0 Å². The molecule has 86 valence electrons. The highest BCUT2D eigenvalue weighted by molar-refractivity contribution is 5.81. The van der Waals surface area contributed by atoms with Crippen LogP contribution < -0.4 is 11.1 Å². The van der Waals surface area contributed by atoms with Crippen molar-refractivity contribution in [3.8, 4) is 0 Å². The summed E-state index contributed by atoms with van der Waals surface area (Å²) in [5.41, 5.74) is 6.92. The van der Waals surface area contributed by atoms with Crippen molar-refractivity contribution in [2.24, 2.45) is 11.7 Å². The molecule has 0 bridgehead atoms. The second-order valence-electron chi connectivity index (χ2n) is 4.49. The van der Waals surface area contributed by atoms with Gasteiger partial charge >= 0.3 is 0 Å². The molecule has 0 radical (unpaired) electrons. The summed E-state index contributed by atoms with van der Waals surface area (Å²) in [4.78, 5) is 11.6. The van der Waals surface area contributed by atoms with Crippen LogP contribution in [-0.2, 0) is 11.3 Å². The van der Waals surface area contributed by atoms with Crippen LogP contribution >= 0.6 is 0 Å². The lowest BCUT2D eigenvalue weighted by Crippen LogP contribution is -2.40. The largest absolute Gasteiger partial charge is 0.351 e. The highest BCUT2D eigenvalue weighted by Crippen LogP contribution is 2.33. The van der Waals surface area contributed by atoms with Gasteiger partial charge in [-0.15, -0.1) is 0 Å². The van der Waals surface area contributed by atoms with Crippen LogP contribution in [0.15, 0.2) is 30.3 Å². The molecule has 3 nitrogen and oxygen atoms in total. The number of nitrogens with one attached hydrogen (secondary N) is 1. The summed E-state index contributed by atoms with van der Waals surface area (Å²) in [5.74, 6) is 0.660.